The Labute approximate surface area is 123 Å². The molecule has 0 aliphatic rings. The normalized spacial score (nSPS) is 10.6. The van der Waals surface area contributed by atoms with Crippen molar-refractivity contribution in [2.75, 3.05) is 6.61 Å². The van der Waals surface area contributed by atoms with E-state index in [0.717, 1.165) is 40.5 Å². The number of unbranched alkanes of at least 4 members (excludes halogenated alkanes) is 1. The quantitative estimate of drug-likeness (QED) is 0.550. The molecule has 0 N–H and O–H groups in total. The van der Waals surface area contributed by atoms with E-state index in [-0.39, 0.29) is 0 Å². The molecule has 2 nitrogen and oxygen atoms in total. The molecule has 1 aromatic carbocycles. The molecule has 0 aliphatic heterocycles. The van der Waals surface area contributed by atoms with Crippen molar-refractivity contribution in [2.45, 2.75) is 19.8 Å². The maximum Gasteiger partial charge on any atom is 0.119 e. The first kappa shape index (κ1) is 14.4. The van der Waals surface area contributed by atoms with Crippen LogP contribution in [0.5, 0.6) is 5.75 Å². The summed E-state index contributed by atoms with van der Waals surface area (Å²) in [5, 5.41) is 8.84. The molecule has 3 heteroatoms. The third-order valence-electron chi connectivity index (χ3n) is 2.87. The number of rotatable bonds is 6. The maximum atomic E-state index is 8.84. The van der Waals surface area contributed by atoms with Crippen LogP contribution < -0.4 is 4.74 Å². The number of nitriles is 1. The Bertz CT molecular complexity index is 605. The first-order valence-electron chi connectivity index (χ1n) is 6.68. The number of nitrogens with zero attached hydrogens (tertiary/aromatic N) is 1. The van der Waals surface area contributed by atoms with Crippen LogP contribution in [0.4, 0.5) is 0 Å². The van der Waals surface area contributed by atoms with Crippen molar-refractivity contribution in [3.05, 3.63) is 53.4 Å². The van der Waals surface area contributed by atoms with Gasteiger partial charge in [0.05, 0.1) is 6.61 Å². The highest BCUT2D eigenvalue weighted by atomic mass is 32.1. The Morgan fingerprint density at radius 1 is 1.20 bits per heavy atom. The van der Waals surface area contributed by atoms with Crippen molar-refractivity contribution in [1.82, 2.24) is 0 Å². The van der Waals surface area contributed by atoms with Crippen molar-refractivity contribution in [3.63, 3.8) is 0 Å². The molecule has 0 aliphatic carbocycles. The number of hydrogen-bond acceptors (Lipinski definition) is 3. The highest BCUT2D eigenvalue weighted by Crippen LogP contribution is 2.29. The van der Waals surface area contributed by atoms with E-state index in [1.54, 1.807) is 0 Å². The molecule has 0 atom stereocenters. The molecule has 0 amide bonds. The highest BCUT2D eigenvalue weighted by Gasteiger charge is 2.02. The van der Waals surface area contributed by atoms with Gasteiger partial charge in [0.1, 0.15) is 16.7 Å². The fourth-order valence-electron chi connectivity index (χ4n) is 1.83. The second-order valence-corrected chi connectivity index (χ2v) is 5.44. The molecule has 1 aromatic heterocycles. The van der Waals surface area contributed by atoms with Crippen LogP contribution in [0, 0.1) is 11.3 Å². The summed E-state index contributed by atoms with van der Waals surface area (Å²) in [5.74, 6) is 0.895. The van der Waals surface area contributed by atoms with Gasteiger partial charge in [0.25, 0.3) is 0 Å². The Morgan fingerprint density at radius 2 is 2.00 bits per heavy atom. The molecule has 0 fully saturated rings. The van der Waals surface area contributed by atoms with Gasteiger partial charge in [-0.25, -0.2) is 0 Å². The summed E-state index contributed by atoms with van der Waals surface area (Å²) in [6.07, 6.45) is 6.30. The van der Waals surface area contributed by atoms with Gasteiger partial charge in [-0.2, -0.15) is 5.26 Å². The topological polar surface area (TPSA) is 33.0 Å². The van der Waals surface area contributed by atoms with Crippen LogP contribution >= 0.6 is 11.3 Å². The minimum atomic E-state index is 0.737. The van der Waals surface area contributed by atoms with Crippen LogP contribution in [-0.4, -0.2) is 6.61 Å². The van der Waals surface area contributed by atoms with Crippen molar-refractivity contribution >= 4 is 11.3 Å². The molecular weight excluding hydrogens is 266 g/mol. The first-order chi connectivity index (χ1) is 9.83. The lowest BCUT2D eigenvalue weighted by Crippen LogP contribution is -1.96. The Morgan fingerprint density at radius 3 is 2.65 bits per heavy atom. The molecule has 0 unspecified atom stereocenters. The molecule has 2 aromatic rings. The van der Waals surface area contributed by atoms with Gasteiger partial charge in [-0.3, -0.25) is 0 Å². The summed E-state index contributed by atoms with van der Waals surface area (Å²) in [4.78, 5) is 1.85. The third-order valence-corrected chi connectivity index (χ3v) is 3.91. The molecular formula is C17H17NOS. The minimum Gasteiger partial charge on any atom is -0.494 e. The summed E-state index contributed by atoms with van der Waals surface area (Å²) in [5.41, 5.74) is 1.12. The van der Waals surface area contributed by atoms with Gasteiger partial charge in [-0.1, -0.05) is 12.2 Å². The monoisotopic (exact) mass is 283 g/mol. The summed E-state index contributed by atoms with van der Waals surface area (Å²) in [7, 11) is 0. The predicted octanol–water partition coefficient (Wildman–Crippen LogP) is 5.02. The van der Waals surface area contributed by atoms with Crippen molar-refractivity contribution in [1.29, 1.82) is 5.26 Å². The summed E-state index contributed by atoms with van der Waals surface area (Å²) in [6.45, 7) is 2.77. The van der Waals surface area contributed by atoms with E-state index in [0.29, 0.717) is 0 Å². The largest absolute Gasteiger partial charge is 0.494 e. The van der Waals surface area contributed by atoms with Crippen LogP contribution in [-0.2, 0) is 0 Å². The minimum absolute atomic E-state index is 0.737. The van der Waals surface area contributed by atoms with Gasteiger partial charge in [0, 0.05) is 4.88 Å². The van der Waals surface area contributed by atoms with E-state index in [4.69, 9.17) is 10.00 Å². The zero-order chi connectivity index (χ0) is 14.2. The van der Waals surface area contributed by atoms with Gasteiger partial charge in [-0.15, -0.1) is 11.3 Å². The fourth-order valence-corrected chi connectivity index (χ4v) is 2.64. The fraction of sp³-hybridized carbons (Fsp3) is 0.235. The Kier molecular flexibility index (Phi) is 5.40. The van der Waals surface area contributed by atoms with Crippen molar-refractivity contribution in [3.8, 4) is 22.3 Å². The predicted molar refractivity (Wildman–Crippen MR) is 84.0 cm³/mol. The van der Waals surface area contributed by atoms with Crippen LogP contribution in [0.1, 0.15) is 24.6 Å². The summed E-state index contributed by atoms with van der Waals surface area (Å²) < 4.78 is 5.69. The molecule has 0 saturated carbocycles. The SMILES string of the molecule is CC=CCCCOc1ccc(-c2ccc(C#N)s2)cc1. The zero-order valence-electron chi connectivity index (χ0n) is 11.5. The molecule has 20 heavy (non-hydrogen) atoms. The second-order valence-electron chi connectivity index (χ2n) is 4.36. The molecule has 2 rings (SSSR count). The third kappa shape index (κ3) is 3.97. The highest BCUT2D eigenvalue weighted by molar-refractivity contribution is 7.16. The lowest BCUT2D eigenvalue weighted by atomic mass is 10.2. The summed E-state index contributed by atoms with van der Waals surface area (Å²) in [6, 6.07) is 14.0. The molecule has 0 radical (unpaired) electrons. The summed E-state index contributed by atoms with van der Waals surface area (Å²) >= 11 is 1.51. The molecule has 0 spiro atoms. The van der Waals surface area contributed by atoms with Gasteiger partial charge >= 0.3 is 0 Å². The van der Waals surface area contributed by atoms with Crippen LogP contribution in [0.2, 0.25) is 0 Å². The van der Waals surface area contributed by atoms with E-state index in [1.165, 1.54) is 11.3 Å². The number of allylic oxidation sites excluding steroid dienone is 2. The average molecular weight is 283 g/mol. The van der Waals surface area contributed by atoms with Gasteiger partial charge in [-0.05, 0) is 61.7 Å². The number of thiophene rings is 1. The number of benzene rings is 1. The van der Waals surface area contributed by atoms with E-state index in [2.05, 4.69) is 18.2 Å². The first-order valence-corrected chi connectivity index (χ1v) is 7.49. The zero-order valence-corrected chi connectivity index (χ0v) is 12.3. The smallest absolute Gasteiger partial charge is 0.119 e. The Balaban J connectivity index is 1.91. The Hall–Kier alpha value is -2.05. The molecule has 0 saturated heterocycles. The van der Waals surface area contributed by atoms with Gasteiger partial charge < -0.3 is 4.74 Å². The number of ether oxygens (including phenoxy) is 1. The number of hydrogen-bond donors (Lipinski definition) is 0. The van der Waals surface area contributed by atoms with Crippen molar-refractivity contribution in [2.24, 2.45) is 0 Å². The van der Waals surface area contributed by atoms with E-state index in [9.17, 15) is 0 Å². The lowest BCUT2D eigenvalue weighted by Gasteiger charge is -2.05. The van der Waals surface area contributed by atoms with Crippen LogP contribution in [0.3, 0.4) is 0 Å². The average Bonchev–Trinajstić information content (AvgIpc) is 2.97. The van der Waals surface area contributed by atoms with E-state index in [1.807, 2.05) is 43.3 Å². The van der Waals surface area contributed by atoms with Gasteiger partial charge in [0.15, 0.2) is 0 Å². The van der Waals surface area contributed by atoms with E-state index >= 15 is 0 Å². The second kappa shape index (κ2) is 7.52. The van der Waals surface area contributed by atoms with E-state index < -0.39 is 0 Å². The molecule has 1 heterocycles. The maximum absolute atomic E-state index is 8.84. The standard InChI is InChI=1S/C17H17NOS/c1-2-3-4-5-12-19-15-8-6-14(7-9-15)17-11-10-16(13-18)20-17/h2-3,6-11H,4-5,12H2,1H3. The lowest BCUT2D eigenvalue weighted by molar-refractivity contribution is 0.312. The molecule has 102 valence electrons. The van der Waals surface area contributed by atoms with Crippen LogP contribution in [0.15, 0.2) is 48.6 Å². The molecule has 0 bridgehead atoms. The van der Waals surface area contributed by atoms with Crippen LogP contribution in [0.25, 0.3) is 10.4 Å². The van der Waals surface area contributed by atoms with Crippen molar-refractivity contribution < 1.29 is 4.74 Å². The van der Waals surface area contributed by atoms with Gasteiger partial charge in [0.2, 0.25) is 0 Å².